The van der Waals surface area contributed by atoms with Gasteiger partial charge in [-0.2, -0.15) is 18.3 Å². The number of hydrogen-bond acceptors (Lipinski definition) is 6. The molecule has 7 nitrogen and oxygen atoms in total. The second-order valence-electron chi connectivity index (χ2n) is 6.36. The number of aromatic nitrogens is 4. The van der Waals surface area contributed by atoms with Crippen LogP contribution in [0.25, 0.3) is 0 Å². The number of halogens is 4. The molecule has 3 rings (SSSR count). The third-order valence-corrected chi connectivity index (χ3v) is 6.27. The van der Waals surface area contributed by atoms with Crippen molar-refractivity contribution in [1.82, 2.24) is 24.6 Å². The number of anilines is 1. The van der Waals surface area contributed by atoms with Crippen molar-refractivity contribution in [3.8, 4) is 0 Å². The quantitative estimate of drug-likeness (QED) is 0.695. The van der Waals surface area contributed by atoms with Crippen LogP contribution in [0.15, 0.2) is 4.60 Å². The first-order valence-electron chi connectivity index (χ1n) is 8.22. The van der Waals surface area contributed by atoms with E-state index in [1.54, 1.807) is 23.4 Å². The lowest BCUT2D eigenvalue weighted by molar-refractivity contribution is -0.137. The Kier molecular flexibility index (Phi) is 5.48. The number of hydrogen-bond donors (Lipinski definition) is 0. The fourth-order valence-electron chi connectivity index (χ4n) is 3.05. The lowest BCUT2D eigenvalue weighted by atomic mass is 10.2. The molecule has 1 fully saturated rings. The molecule has 0 unspecified atom stereocenters. The van der Waals surface area contributed by atoms with Crippen LogP contribution in [-0.2, 0) is 17.5 Å². The van der Waals surface area contributed by atoms with E-state index in [0.717, 1.165) is 0 Å². The molecule has 0 aliphatic carbocycles. The maximum absolute atomic E-state index is 12.9. The van der Waals surface area contributed by atoms with Crippen LogP contribution in [0, 0.1) is 13.8 Å². The average Bonchev–Trinajstić information content (AvgIpc) is 3.09. The van der Waals surface area contributed by atoms with E-state index < -0.39 is 11.2 Å². The van der Waals surface area contributed by atoms with Crippen molar-refractivity contribution in [1.29, 1.82) is 0 Å². The van der Waals surface area contributed by atoms with Crippen LogP contribution >= 0.6 is 27.3 Å². The fraction of sp³-hybridized carbons (Fsp3) is 0.600. The van der Waals surface area contributed by atoms with Gasteiger partial charge in [0.25, 0.3) is 0 Å². The Morgan fingerprint density at radius 1 is 1.30 bits per heavy atom. The molecule has 1 aliphatic rings. The zero-order chi connectivity index (χ0) is 19.9. The molecule has 2 aromatic heterocycles. The summed E-state index contributed by atoms with van der Waals surface area (Å²) in [6.07, 6.45) is -4.47. The van der Waals surface area contributed by atoms with Crippen molar-refractivity contribution < 1.29 is 18.0 Å². The number of carbonyl (C=O) groups is 1. The number of aryl methyl sites for hydroxylation is 2. The van der Waals surface area contributed by atoms with Crippen molar-refractivity contribution in [3.63, 3.8) is 0 Å². The highest BCUT2D eigenvalue weighted by atomic mass is 79.9. The summed E-state index contributed by atoms with van der Waals surface area (Å²) in [4.78, 5) is 24.0. The van der Waals surface area contributed by atoms with E-state index >= 15 is 0 Å². The molecule has 3 heterocycles. The highest BCUT2D eigenvalue weighted by Gasteiger charge is 2.37. The molecule has 148 valence electrons. The molecular formula is C15H18BrF3N6OS. The van der Waals surface area contributed by atoms with E-state index in [4.69, 9.17) is 0 Å². The summed E-state index contributed by atoms with van der Waals surface area (Å²) in [7, 11) is 0. The highest BCUT2D eigenvalue weighted by molar-refractivity contribution is 9.10. The maximum Gasteiger partial charge on any atom is 0.443 e. The number of alkyl halides is 3. The molecule has 0 spiro atoms. The largest absolute Gasteiger partial charge is 0.443 e. The topological polar surface area (TPSA) is 67.2 Å². The van der Waals surface area contributed by atoms with Crippen LogP contribution in [0.2, 0.25) is 0 Å². The number of amides is 1. The van der Waals surface area contributed by atoms with Crippen LogP contribution in [-0.4, -0.2) is 56.2 Å². The van der Waals surface area contributed by atoms with E-state index in [1.165, 1.54) is 0 Å². The number of rotatable bonds is 3. The van der Waals surface area contributed by atoms with Crippen molar-refractivity contribution in [2.24, 2.45) is 0 Å². The van der Waals surface area contributed by atoms with Gasteiger partial charge in [0.1, 0.15) is 27.8 Å². The van der Waals surface area contributed by atoms with Crippen molar-refractivity contribution >= 4 is 38.2 Å². The third kappa shape index (κ3) is 4.26. The standard InChI is InChI=1S/C15H18BrF3N6OS/c1-8-6-23(13-12(16)21-14(27-13)15(17,18)19)4-5-24(8)11(26)7-25-10(3)20-9(2)22-25/h8H,4-7H2,1-3H3/t8-/m1/s1. The summed E-state index contributed by atoms with van der Waals surface area (Å²) in [6.45, 7) is 6.80. The minimum Gasteiger partial charge on any atom is -0.357 e. The molecule has 12 heteroatoms. The second-order valence-corrected chi connectivity index (χ2v) is 8.09. The van der Waals surface area contributed by atoms with Gasteiger partial charge in [-0.3, -0.25) is 4.79 Å². The number of nitrogens with zero attached hydrogens (tertiary/aromatic N) is 6. The Balaban J connectivity index is 1.68. The number of thiazole rings is 1. The molecule has 27 heavy (non-hydrogen) atoms. The summed E-state index contributed by atoms with van der Waals surface area (Å²) in [6, 6.07) is -0.153. The molecule has 1 amide bonds. The first-order chi connectivity index (χ1) is 12.6. The van der Waals surface area contributed by atoms with Gasteiger partial charge in [0.15, 0.2) is 0 Å². The van der Waals surface area contributed by atoms with Crippen molar-refractivity contribution in [3.05, 3.63) is 21.3 Å². The van der Waals surface area contributed by atoms with Gasteiger partial charge in [0, 0.05) is 25.7 Å². The SMILES string of the molecule is Cc1nc(C)n(CC(=O)N2CCN(c3sc(C(F)(F)F)nc3Br)C[C@H]2C)n1. The molecule has 0 radical (unpaired) electrons. The third-order valence-electron chi connectivity index (χ3n) is 4.29. The van der Waals surface area contributed by atoms with Crippen LogP contribution in [0.5, 0.6) is 0 Å². The lowest BCUT2D eigenvalue weighted by Gasteiger charge is -2.40. The van der Waals surface area contributed by atoms with Crippen LogP contribution in [0.3, 0.4) is 0 Å². The summed E-state index contributed by atoms with van der Waals surface area (Å²) < 4.78 is 40.4. The van der Waals surface area contributed by atoms with E-state index in [1.807, 2.05) is 11.8 Å². The predicted molar refractivity (Wildman–Crippen MR) is 97.7 cm³/mol. The highest BCUT2D eigenvalue weighted by Crippen LogP contribution is 2.41. The molecule has 0 bridgehead atoms. The summed E-state index contributed by atoms with van der Waals surface area (Å²) >= 11 is 3.73. The van der Waals surface area contributed by atoms with Gasteiger partial charge in [-0.25, -0.2) is 14.6 Å². The normalized spacial score (nSPS) is 18.3. The van der Waals surface area contributed by atoms with Gasteiger partial charge in [0.05, 0.1) is 0 Å². The van der Waals surface area contributed by atoms with Gasteiger partial charge in [-0.15, -0.1) is 0 Å². The lowest BCUT2D eigenvalue weighted by Crippen LogP contribution is -2.54. The van der Waals surface area contributed by atoms with Gasteiger partial charge >= 0.3 is 6.18 Å². The molecule has 0 saturated carbocycles. The van der Waals surface area contributed by atoms with Gasteiger partial charge in [-0.05, 0) is 36.7 Å². The molecule has 2 aromatic rings. The Bertz CT molecular complexity index is 851. The average molecular weight is 467 g/mol. The van der Waals surface area contributed by atoms with Gasteiger partial charge < -0.3 is 9.80 Å². The Hall–Kier alpha value is -1.69. The zero-order valence-electron chi connectivity index (χ0n) is 14.9. The van der Waals surface area contributed by atoms with E-state index in [2.05, 4.69) is 31.0 Å². The molecular weight excluding hydrogens is 449 g/mol. The monoisotopic (exact) mass is 466 g/mol. The molecule has 0 aromatic carbocycles. The zero-order valence-corrected chi connectivity index (χ0v) is 17.3. The van der Waals surface area contributed by atoms with Gasteiger partial charge in [-0.1, -0.05) is 11.3 Å². The Morgan fingerprint density at radius 2 is 2.00 bits per heavy atom. The van der Waals surface area contributed by atoms with Gasteiger partial charge in [0.2, 0.25) is 10.9 Å². The molecule has 1 atom stereocenters. The van der Waals surface area contributed by atoms with E-state index in [9.17, 15) is 18.0 Å². The van der Waals surface area contributed by atoms with E-state index in [0.29, 0.717) is 47.6 Å². The van der Waals surface area contributed by atoms with E-state index in [-0.39, 0.29) is 23.1 Å². The second kappa shape index (κ2) is 7.38. The Morgan fingerprint density at radius 3 is 2.52 bits per heavy atom. The molecule has 1 saturated heterocycles. The first kappa shape index (κ1) is 20.1. The first-order valence-corrected chi connectivity index (χ1v) is 9.83. The van der Waals surface area contributed by atoms with Crippen molar-refractivity contribution in [2.45, 2.75) is 39.5 Å². The smallest absolute Gasteiger partial charge is 0.357 e. The minimum atomic E-state index is -4.47. The minimum absolute atomic E-state index is 0.0884. The molecule has 1 aliphatic heterocycles. The summed E-state index contributed by atoms with van der Waals surface area (Å²) in [5, 5.41) is 3.75. The maximum atomic E-state index is 12.9. The Labute approximate surface area is 166 Å². The number of piperazine rings is 1. The number of carbonyl (C=O) groups excluding carboxylic acids is 1. The summed E-state index contributed by atoms with van der Waals surface area (Å²) in [5.41, 5.74) is 0. The fourth-order valence-corrected chi connectivity index (χ4v) is 4.70. The molecule has 0 N–H and O–H groups in total. The van der Waals surface area contributed by atoms with Crippen LogP contribution in [0.4, 0.5) is 18.2 Å². The van der Waals surface area contributed by atoms with Crippen LogP contribution < -0.4 is 4.90 Å². The van der Waals surface area contributed by atoms with Crippen LogP contribution in [0.1, 0.15) is 23.6 Å². The summed E-state index contributed by atoms with van der Waals surface area (Å²) in [5.74, 6) is 1.18. The predicted octanol–water partition coefficient (Wildman–Crippen LogP) is 2.87. The van der Waals surface area contributed by atoms with Crippen molar-refractivity contribution in [2.75, 3.05) is 24.5 Å².